The Kier molecular flexibility index (Phi) is 5.72. The van der Waals surface area contributed by atoms with Crippen molar-refractivity contribution >= 4 is 5.69 Å². The van der Waals surface area contributed by atoms with Gasteiger partial charge in [0.1, 0.15) is 5.75 Å². The topological polar surface area (TPSA) is 24.5 Å². The Bertz CT molecular complexity index is 280. The van der Waals surface area contributed by atoms with Crippen molar-refractivity contribution < 1.29 is 4.74 Å². The molecule has 0 radical (unpaired) electrons. The highest BCUT2D eigenvalue weighted by Gasteiger charge is 1.98. The highest BCUT2D eigenvalue weighted by Crippen LogP contribution is 2.14. The first-order valence-corrected chi connectivity index (χ1v) is 5.90. The molecule has 0 amide bonds. The number of rotatable bonds is 7. The van der Waals surface area contributed by atoms with Crippen molar-refractivity contribution in [3.05, 3.63) is 24.3 Å². The van der Waals surface area contributed by atoms with Gasteiger partial charge in [0, 0.05) is 18.8 Å². The van der Waals surface area contributed by atoms with Crippen molar-refractivity contribution in [2.75, 3.05) is 38.6 Å². The van der Waals surface area contributed by atoms with Gasteiger partial charge in [-0.25, -0.2) is 0 Å². The third-order valence-corrected chi connectivity index (χ3v) is 2.74. The van der Waals surface area contributed by atoms with E-state index in [2.05, 4.69) is 24.1 Å². The van der Waals surface area contributed by atoms with Crippen LogP contribution in [0, 0.1) is 0 Å². The van der Waals surface area contributed by atoms with Crippen molar-refractivity contribution in [3.63, 3.8) is 0 Å². The first-order chi connectivity index (χ1) is 7.80. The standard InChI is InChI=1S/C13H22N2O/c1-4-15(5-2)11-10-14-12-6-8-13(16-3)9-7-12/h6-9,14H,4-5,10-11H2,1-3H3. The first kappa shape index (κ1) is 12.8. The van der Waals surface area contributed by atoms with Gasteiger partial charge in [-0.05, 0) is 37.4 Å². The van der Waals surface area contributed by atoms with E-state index in [1.54, 1.807) is 7.11 Å². The first-order valence-electron chi connectivity index (χ1n) is 5.90. The Balaban J connectivity index is 2.31. The highest BCUT2D eigenvalue weighted by atomic mass is 16.5. The van der Waals surface area contributed by atoms with Crippen LogP contribution >= 0.6 is 0 Å². The van der Waals surface area contributed by atoms with E-state index >= 15 is 0 Å². The number of ether oxygens (including phenoxy) is 1. The van der Waals surface area contributed by atoms with Crippen molar-refractivity contribution in [3.8, 4) is 5.75 Å². The van der Waals surface area contributed by atoms with Crippen LogP contribution in [-0.2, 0) is 0 Å². The summed E-state index contributed by atoms with van der Waals surface area (Å²) >= 11 is 0. The minimum Gasteiger partial charge on any atom is -0.497 e. The molecular formula is C13H22N2O. The van der Waals surface area contributed by atoms with E-state index in [-0.39, 0.29) is 0 Å². The summed E-state index contributed by atoms with van der Waals surface area (Å²) in [5.74, 6) is 0.897. The van der Waals surface area contributed by atoms with Gasteiger partial charge in [0.25, 0.3) is 0 Å². The molecule has 0 atom stereocenters. The van der Waals surface area contributed by atoms with Gasteiger partial charge in [-0.15, -0.1) is 0 Å². The number of nitrogens with zero attached hydrogens (tertiary/aromatic N) is 1. The fourth-order valence-corrected chi connectivity index (χ4v) is 1.61. The van der Waals surface area contributed by atoms with Crippen LogP contribution in [0.1, 0.15) is 13.8 Å². The summed E-state index contributed by atoms with van der Waals surface area (Å²) in [4.78, 5) is 2.40. The largest absolute Gasteiger partial charge is 0.497 e. The van der Waals surface area contributed by atoms with Crippen LogP contribution in [0.25, 0.3) is 0 Å². The van der Waals surface area contributed by atoms with Crippen LogP contribution < -0.4 is 10.1 Å². The van der Waals surface area contributed by atoms with Gasteiger partial charge in [-0.3, -0.25) is 0 Å². The average Bonchev–Trinajstić information content (AvgIpc) is 2.35. The lowest BCUT2D eigenvalue weighted by Gasteiger charge is -2.18. The molecule has 90 valence electrons. The fourth-order valence-electron chi connectivity index (χ4n) is 1.61. The smallest absolute Gasteiger partial charge is 0.119 e. The van der Waals surface area contributed by atoms with E-state index in [1.807, 2.05) is 24.3 Å². The monoisotopic (exact) mass is 222 g/mol. The van der Waals surface area contributed by atoms with E-state index in [0.29, 0.717) is 0 Å². The predicted octanol–water partition coefficient (Wildman–Crippen LogP) is 2.45. The summed E-state index contributed by atoms with van der Waals surface area (Å²) in [6, 6.07) is 8.03. The maximum atomic E-state index is 5.11. The second-order valence-electron chi connectivity index (χ2n) is 3.68. The Labute approximate surface area is 98.4 Å². The molecule has 1 aromatic rings. The molecule has 3 nitrogen and oxygen atoms in total. The molecule has 0 spiro atoms. The summed E-state index contributed by atoms with van der Waals surface area (Å²) in [5.41, 5.74) is 1.15. The van der Waals surface area contributed by atoms with Gasteiger partial charge in [0.2, 0.25) is 0 Å². The number of likely N-dealkylation sites (N-methyl/N-ethyl adjacent to an activating group) is 1. The van der Waals surface area contributed by atoms with Crippen LogP contribution in [-0.4, -0.2) is 38.2 Å². The molecule has 0 bridgehead atoms. The minimum atomic E-state index is 0.897. The molecular weight excluding hydrogens is 200 g/mol. The lowest BCUT2D eigenvalue weighted by Crippen LogP contribution is -2.28. The maximum absolute atomic E-state index is 5.11. The van der Waals surface area contributed by atoms with Crippen LogP contribution in [0.5, 0.6) is 5.75 Å². The lowest BCUT2D eigenvalue weighted by atomic mass is 10.3. The van der Waals surface area contributed by atoms with Gasteiger partial charge < -0.3 is 15.0 Å². The van der Waals surface area contributed by atoms with Crippen LogP contribution in [0.3, 0.4) is 0 Å². The van der Waals surface area contributed by atoms with Crippen molar-refractivity contribution in [1.29, 1.82) is 0 Å². The van der Waals surface area contributed by atoms with Gasteiger partial charge in [-0.1, -0.05) is 13.8 Å². The van der Waals surface area contributed by atoms with Gasteiger partial charge in [0.05, 0.1) is 7.11 Å². The van der Waals surface area contributed by atoms with Gasteiger partial charge >= 0.3 is 0 Å². The molecule has 0 unspecified atom stereocenters. The molecule has 0 fully saturated rings. The highest BCUT2D eigenvalue weighted by molar-refractivity contribution is 5.46. The molecule has 0 aliphatic carbocycles. The Hall–Kier alpha value is -1.22. The lowest BCUT2D eigenvalue weighted by molar-refractivity contribution is 0.316. The quantitative estimate of drug-likeness (QED) is 0.767. The number of hydrogen-bond donors (Lipinski definition) is 1. The summed E-state index contributed by atoms with van der Waals surface area (Å²) in [7, 11) is 1.68. The third-order valence-electron chi connectivity index (χ3n) is 2.74. The second kappa shape index (κ2) is 7.12. The normalized spacial score (nSPS) is 10.5. The molecule has 0 aliphatic heterocycles. The van der Waals surface area contributed by atoms with Gasteiger partial charge in [0.15, 0.2) is 0 Å². The number of nitrogens with one attached hydrogen (secondary N) is 1. The Morgan fingerprint density at radius 3 is 2.25 bits per heavy atom. The van der Waals surface area contributed by atoms with Crippen molar-refractivity contribution in [2.24, 2.45) is 0 Å². The minimum absolute atomic E-state index is 0.897. The molecule has 0 aliphatic rings. The molecule has 0 heterocycles. The van der Waals surface area contributed by atoms with Gasteiger partial charge in [-0.2, -0.15) is 0 Å². The predicted molar refractivity (Wildman–Crippen MR) is 69.3 cm³/mol. The fraction of sp³-hybridized carbons (Fsp3) is 0.538. The van der Waals surface area contributed by atoms with E-state index in [1.165, 1.54) is 0 Å². The van der Waals surface area contributed by atoms with E-state index < -0.39 is 0 Å². The zero-order valence-electron chi connectivity index (χ0n) is 10.5. The molecule has 3 heteroatoms. The average molecular weight is 222 g/mol. The maximum Gasteiger partial charge on any atom is 0.119 e. The molecule has 16 heavy (non-hydrogen) atoms. The molecule has 0 aromatic heterocycles. The number of hydrogen-bond acceptors (Lipinski definition) is 3. The van der Waals surface area contributed by atoms with E-state index in [4.69, 9.17) is 4.74 Å². The molecule has 1 rings (SSSR count). The number of benzene rings is 1. The second-order valence-corrected chi connectivity index (χ2v) is 3.68. The Morgan fingerprint density at radius 2 is 1.75 bits per heavy atom. The molecule has 0 saturated carbocycles. The molecule has 1 aromatic carbocycles. The van der Waals surface area contributed by atoms with E-state index in [0.717, 1.165) is 37.6 Å². The van der Waals surface area contributed by atoms with E-state index in [9.17, 15) is 0 Å². The van der Waals surface area contributed by atoms with Crippen molar-refractivity contribution in [2.45, 2.75) is 13.8 Å². The van der Waals surface area contributed by atoms with Crippen LogP contribution in [0.2, 0.25) is 0 Å². The number of anilines is 1. The SMILES string of the molecule is CCN(CC)CCNc1ccc(OC)cc1. The zero-order valence-corrected chi connectivity index (χ0v) is 10.5. The van der Waals surface area contributed by atoms with Crippen molar-refractivity contribution in [1.82, 2.24) is 4.90 Å². The summed E-state index contributed by atoms with van der Waals surface area (Å²) in [6.45, 7) is 8.67. The third kappa shape index (κ3) is 4.11. The summed E-state index contributed by atoms with van der Waals surface area (Å²) in [5, 5.41) is 3.40. The Morgan fingerprint density at radius 1 is 1.12 bits per heavy atom. The van der Waals surface area contributed by atoms with Crippen LogP contribution in [0.4, 0.5) is 5.69 Å². The molecule has 1 N–H and O–H groups in total. The number of methoxy groups -OCH3 is 1. The zero-order chi connectivity index (χ0) is 11.8. The summed E-state index contributed by atoms with van der Waals surface area (Å²) in [6.07, 6.45) is 0. The molecule has 0 saturated heterocycles. The summed E-state index contributed by atoms with van der Waals surface area (Å²) < 4.78 is 5.11. The van der Waals surface area contributed by atoms with Crippen LogP contribution in [0.15, 0.2) is 24.3 Å².